The van der Waals surface area contributed by atoms with E-state index in [0.717, 1.165) is 22.7 Å². The average molecular weight is 336 g/mol. The van der Waals surface area contributed by atoms with E-state index >= 15 is 0 Å². The van der Waals surface area contributed by atoms with Gasteiger partial charge in [0.15, 0.2) is 0 Å². The minimum atomic E-state index is -4.51. The van der Waals surface area contributed by atoms with Crippen molar-refractivity contribution >= 4 is 28.4 Å². The summed E-state index contributed by atoms with van der Waals surface area (Å²) in [4.78, 5) is 7.67. The second kappa shape index (κ2) is 5.66. The van der Waals surface area contributed by atoms with Gasteiger partial charge in [-0.1, -0.05) is 0 Å². The molecule has 0 saturated heterocycles. The Balaban J connectivity index is 1.98. The van der Waals surface area contributed by atoms with Crippen LogP contribution in [-0.4, -0.2) is 26.8 Å². The number of fused-ring (bicyclic) bond motifs is 1. The minimum absolute atomic E-state index is 0.0748. The Kier molecular flexibility index (Phi) is 3.78. The lowest BCUT2D eigenvalue weighted by Gasteiger charge is -2.13. The van der Waals surface area contributed by atoms with Crippen LogP contribution in [0.15, 0.2) is 24.5 Å². The Morgan fingerprint density at radius 3 is 2.62 bits per heavy atom. The van der Waals surface area contributed by atoms with Crippen molar-refractivity contribution in [3.63, 3.8) is 0 Å². The highest BCUT2D eigenvalue weighted by atomic mass is 19.4. The summed E-state index contributed by atoms with van der Waals surface area (Å²) in [5, 5.41) is 10.7. The molecule has 6 nitrogen and oxygen atoms in total. The smallest absolute Gasteiger partial charge is 0.372 e. The molecule has 126 valence electrons. The molecule has 2 aromatic heterocycles. The number of anilines is 3. The van der Waals surface area contributed by atoms with Crippen LogP contribution in [0.1, 0.15) is 11.1 Å². The fourth-order valence-corrected chi connectivity index (χ4v) is 2.44. The maximum atomic E-state index is 12.9. The number of hydrogen-bond acceptors (Lipinski definition) is 5. The molecule has 0 saturated carbocycles. The molecule has 0 bridgehead atoms. The molecule has 3 aromatic rings. The van der Waals surface area contributed by atoms with Crippen LogP contribution >= 0.6 is 0 Å². The van der Waals surface area contributed by atoms with Crippen LogP contribution in [0.25, 0.3) is 10.9 Å². The van der Waals surface area contributed by atoms with Gasteiger partial charge >= 0.3 is 6.18 Å². The van der Waals surface area contributed by atoms with Crippen molar-refractivity contribution in [1.29, 1.82) is 0 Å². The van der Waals surface area contributed by atoms with Gasteiger partial charge in [0.1, 0.15) is 11.4 Å². The number of aryl methyl sites for hydroxylation is 2. The van der Waals surface area contributed by atoms with Crippen LogP contribution in [0.2, 0.25) is 0 Å². The molecule has 24 heavy (non-hydrogen) atoms. The molecule has 9 heteroatoms. The molecule has 0 fully saturated rings. The SMILES string of the molecule is CNc1nc(Nc2ccc3cn(C)nc3c2C)ncc1C(F)(F)F. The lowest BCUT2D eigenvalue weighted by molar-refractivity contribution is -0.137. The normalized spacial score (nSPS) is 11.8. The third-order valence-corrected chi connectivity index (χ3v) is 3.62. The van der Waals surface area contributed by atoms with Crippen molar-refractivity contribution in [1.82, 2.24) is 19.7 Å². The van der Waals surface area contributed by atoms with Crippen LogP contribution in [0.3, 0.4) is 0 Å². The number of alkyl halides is 3. The highest BCUT2D eigenvalue weighted by molar-refractivity contribution is 5.87. The van der Waals surface area contributed by atoms with Crippen LogP contribution < -0.4 is 10.6 Å². The molecule has 0 radical (unpaired) electrons. The molecule has 0 atom stereocenters. The fourth-order valence-electron chi connectivity index (χ4n) is 2.44. The molecule has 0 amide bonds. The summed E-state index contributed by atoms with van der Waals surface area (Å²) >= 11 is 0. The van der Waals surface area contributed by atoms with E-state index in [2.05, 4.69) is 25.7 Å². The molecule has 2 N–H and O–H groups in total. The molecular weight excluding hydrogens is 321 g/mol. The van der Waals surface area contributed by atoms with Gasteiger partial charge in [-0.15, -0.1) is 0 Å². The zero-order valence-corrected chi connectivity index (χ0v) is 13.2. The van der Waals surface area contributed by atoms with Crippen LogP contribution in [0.5, 0.6) is 0 Å². The van der Waals surface area contributed by atoms with E-state index in [1.165, 1.54) is 7.05 Å². The third-order valence-electron chi connectivity index (χ3n) is 3.62. The summed E-state index contributed by atoms with van der Waals surface area (Å²) in [7, 11) is 3.21. The average Bonchev–Trinajstić information content (AvgIpc) is 2.90. The zero-order chi connectivity index (χ0) is 17.5. The maximum Gasteiger partial charge on any atom is 0.421 e. The van der Waals surface area contributed by atoms with Gasteiger partial charge in [0.05, 0.1) is 5.52 Å². The van der Waals surface area contributed by atoms with Crippen molar-refractivity contribution in [3.8, 4) is 0 Å². The number of nitrogens with one attached hydrogen (secondary N) is 2. The van der Waals surface area contributed by atoms with Crippen molar-refractivity contribution in [2.45, 2.75) is 13.1 Å². The Bertz CT molecular complexity index is 900. The predicted octanol–water partition coefficient (Wildman–Crippen LogP) is 3.48. The summed E-state index contributed by atoms with van der Waals surface area (Å²) in [6.07, 6.45) is -1.87. The van der Waals surface area contributed by atoms with E-state index in [4.69, 9.17) is 0 Å². The molecule has 0 aliphatic rings. The fraction of sp³-hybridized carbons (Fsp3) is 0.267. The highest BCUT2D eigenvalue weighted by Crippen LogP contribution is 2.34. The topological polar surface area (TPSA) is 67.7 Å². The van der Waals surface area contributed by atoms with E-state index in [1.54, 1.807) is 4.68 Å². The quantitative estimate of drug-likeness (QED) is 0.766. The first-order valence-electron chi connectivity index (χ1n) is 7.11. The molecule has 1 aromatic carbocycles. The lowest BCUT2D eigenvalue weighted by Crippen LogP contribution is -2.12. The van der Waals surface area contributed by atoms with Gasteiger partial charge in [0, 0.05) is 43.1 Å². The van der Waals surface area contributed by atoms with Crippen LogP contribution in [-0.2, 0) is 13.2 Å². The largest absolute Gasteiger partial charge is 0.421 e. The second-order valence-electron chi connectivity index (χ2n) is 5.31. The Morgan fingerprint density at radius 1 is 1.21 bits per heavy atom. The van der Waals surface area contributed by atoms with E-state index in [-0.39, 0.29) is 11.8 Å². The molecule has 0 aliphatic heterocycles. The summed E-state index contributed by atoms with van der Waals surface area (Å²) in [6, 6.07) is 3.69. The first-order valence-corrected chi connectivity index (χ1v) is 7.11. The van der Waals surface area contributed by atoms with Crippen molar-refractivity contribution in [2.75, 3.05) is 17.7 Å². The molecule has 0 unspecified atom stereocenters. The Hall–Kier alpha value is -2.84. The monoisotopic (exact) mass is 336 g/mol. The van der Waals surface area contributed by atoms with Gasteiger partial charge in [-0.2, -0.15) is 23.3 Å². The van der Waals surface area contributed by atoms with E-state index in [0.29, 0.717) is 5.69 Å². The summed E-state index contributed by atoms with van der Waals surface area (Å²) < 4.78 is 40.4. The number of hydrogen-bond donors (Lipinski definition) is 2. The first kappa shape index (κ1) is 16.0. The van der Waals surface area contributed by atoms with Crippen molar-refractivity contribution < 1.29 is 13.2 Å². The van der Waals surface area contributed by atoms with E-state index in [1.807, 2.05) is 32.3 Å². The third kappa shape index (κ3) is 2.84. The van der Waals surface area contributed by atoms with Crippen molar-refractivity contribution in [2.24, 2.45) is 7.05 Å². The van der Waals surface area contributed by atoms with Gasteiger partial charge in [-0.3, -0.25) is 4.68 Å². The summed E-state index contributed by atoms with van der Waals surface area (Å²) in [5.41, 5.74) is 1.45. The number of aromatic nitrogens is 4. The summed E-state index contributed by atoms with van der Waals surface area (Å²) in [5.74, 6) is -0.206. The van der Waals surface area contributed by atoms with Crippen LogP contribution in [0, 0.1) is 6.92 Å². The van der Waals surface area contributed by atoms with Crippen LogP contribution in [0.4, 0.5) is 30.6 Å². The van der Waals surface area contributed by atoms with Gasteiger partial charge < -0.3 is 10.6 Å². The van der Waals surface area contributed by atoms with Gasteiger partial charge in [-0.25, -0.2) is 4.98 Å². The zero-order valence-electron chi connectivity index (χ0n) is 13.2. The summed E-state index contributed by atoms with van der Waals surface area (Å²) in [6.45, 7) is 1.88. The van der Waals surface area contributed by atoms with Gasteiger partial charge in [0.25, 0.3) is 0 Å². The van der Waals surface area contributed by atoms with Gasteiger partial charge in [-0.05, 0) is 19.1 Å². The second-order valence-corrected chi connectivity index (χ2v) is 5.31. The maximum absolute atomic E-state index is 12.9. The molecule has 0 aliphatic carbocycles. The standard InChI is InChI=1S/C15H15F3N6/c1-8-11(5-4-9-7-24(3)23-12(8)9)21-14-20-6-10(15(16,17)18)13(19-2)22-14/h4-7H,1-3H3,(H2,19,20,21,22). The number of halogens is 3. The van der Waals surface area contributed by atoms with E-state index < -0.39 is 11.7 Å². The molecular formula is C15H15F3N6. The molecule has 0 spiro atoms. The minimum Gasteiger partial charge on any atom is -0.372 e. The number of nitrogens with zero attached hydrogens (tertiary/aromatic N) is 4. The first-order chi connectivity index (χ1) is 11.3. The van der Waals surface area contributed by atoms with Gasteiger partial charge in [0.2, 0.25) is 5.95 Å². The number of benzene rings is 1. The molecule has 3 rings (SSSR count). The number of rotatable bonds is 3. The Morgan fingerprint density at radius 2 is 1.96 bits per heavy atom. The van der Waals surface area contributed by atoms with Crippen molar-refractivity contribution in [3.05, 3.63) is 35.7 Å². The lowest BCUT2D eigenvalue weighted by atomic mass is 10.1. The Labute approximate surface area is 135 Å². The van der Waals surface area contributed by atoms with E-state index in [9.17, 15) is 13.2 Å². The molecule has 2 heterocycles. The predicted molar refractivity (Wildman–Crippen MR) is 85.3 cm³/mol. The highest BCUT2D eigenvalue weighted by Gasteiger charge is 2.35.